The Morgan fingerprint density at radius 2 is 0.797 bits per heavy atom. The van der Waals surface area contributed by atoms with Crippen LogP contribution in [0.1, 0.15) is 26.0 Å². The molecule has 0 aliphatic heterocycles. The molecule has 0 spiro atoms. The molecule has 0 aliphatic carbocycles. The minimum Gasteiger partial charge on any atom is -0.308 e. The van der Waals surface area contributed by atoms with E-state index in [-0.39, 0.29) is 11.8 Å². The van der Waals surface area contributed by atoms with Gasteiger partial charge in [-0.25, -0.2) is 4.98 Å². The van der Waals surface area contributed by atoms with E-state index in [1.165, 1.54) is 0 Å². The van der Waals surface area contributed by atoms with Gasteiger partial charge in [0.1, 0.15) is 0 Å². The quantitative estimate of drug-likeness (QED) is 0.113. The van der Waals surface area contributed by atoms with E-state index in [2.05, 4.69) is 40.8 Å². The number of benzene rings is 10. The van der Waals surface area contributed by atoms with Crippen molar-refractivity contribution in [3.8, 4) is 39.9 Å². The Morgan fingerprint density at radius 3 is 1.33 bits per heavy atom. The van der Waals surface area contributed by atoms with Crippen molar-refractivity contribution in [1.82, 2.24) is 23.9 Å². The largest absolute Gasteiger partial charge is 0.308 e. The first-order chi connectivity index (χ1) is 42.1. The van der Waals surface area contributed by atoms with Gasteiger partial charge in [0.25, 0.3) is 0 Å². The second kappa shape index (κ2) is 15.6. The predicted octanol–water partition coefficient (Wildman–Crippen LogP) is 12.5. The summed E-state index contributed by atoms with van der Waals surface area (Å²) in [4.78, 5) is 15.4. The molecule has 0 atom stereocenters. The maximum atomic E-state index is 10.7. The standard InChI is InChI=1S/C63H41N5Si/c1-4-22-44(23-5-1)69(45-24-6-2-7-25-45,46-26-8-3-9-27-46)47-28-20-21-42(39-47)61-64-62(66-63(65-61)68-58-37-18-12-30-49(58)50-31-13-19-38-59(50)68)53-34-11-10-29-48(53)43-40-54-51-32-14-16-35-56(51)67-57-36-17-15-33-52(57)55(41-43)60(54)67/h1-41H/i1D,2D,3D,4D,5D,6D,7D,8D,9D,20D,21D,22D,23D,24D,25D,26D,27D,28D,39D. The Balaban J connectivity index is 1.16. The number of aromatic nitrogens is 5. The van der Waals surface area contributed by atoms with Crippen LogP contribution in [0.2, 0.25) is 0 Å². The molecule has 69 heavy (non-hydrogen) atoms. The molecule has 0 radical (unpaired) electrons. The van der Waals surface area contributed by atoms with Gasteiger partial charge in [0.2, 0.25) is 5.95 Å². The van der Waals surface area contributed by atoms with E-state index in [1.54, 1.807) is 16.7 Å². The molecule has 14 rings (SSSR count). The van der Waals surface area contributed by atoms with Crippen LogP contribution in [-0.4, -0.2) is 32.0 Å². The van der Waals surface area contributed by atoms with E-state index < -0.39 is 155 Å². The van der Waals surface area contributed by atoms with Gasteiger partial charge in [0.15, 0.2) is 19.7 Å². The number of hydrogen-bond acceptors (Lipinski definition) is 3. The van der Waals surface area contributed by atoms with Gasteiger partial charge >= 0.3 is 0 Å². The van der Waals surface area contributed by atoms with Gasteiger partial charge in [0, 0.05) is 43.4 Å². The molecule has 6 heteroatoms. The third-order valence-corrected chi connectivity index (χ3v) is 16.9. The lowest BCUT2D eigenvalue weighted by atomic mass is 9.95. The highest BCUT2D eigenvalue weighted by Crippen LogP contribution is 2.43. The summed E-state index contributed by atoms with van der Waals surface area (Å²) >= 11 is 0. The molecule has 14 aromatic rings. The van der Waals surface area contributed by atoms with Crippen LogP contribution < -0.4 is 20.7 Å². The second-order valence-electron chi connectivity index (χ2n) is 16.5. The van der Waals surface area contributed by atoms with Gasteiger partial charge in [-0.2, -0.15) is 9.97 Å². The molecule has 4 aromatic heterocycles. The Kier molecular flexibility index (Phi) is 5.57. The van der Waals surface area contributed by atoms with Crippen molar-refractivity contribution in [1.29, 1.82) is 0 Å². The number of rotatable bonds is 8. The minimum atomic E-state index is -6.22. The summed E-state index contributed by atoms with van der Waals surface area (Å²) in [6, 6.07) is 22.5. The molecule has 0 saturated carbocycles. The molecule has 0 bridgehead atoms. The maximum Gasteiger partial charge on any atom is 0.238 e. The van der Waals surface area contributed by atoms with E-state index >= 15 is 0 Å². The Hall–Kier alpha value is -8.97. The minimum absolute atomic E-state index is 0.0380. The summed E-state index contributed by atoms with van der Waals surface area (Å²) in [5, 5.41) is 1.66. The zero-order valence-corrected chi connectivity index (χ0v) is 36.9. The van der Waals surface area contributed by atoms with Gasteiger partial charge in [-0.1, -0.05) is 212 Å². The van der Waals surface area contributed by atoms with Crippen LogP contribution >= 0.6 is 0 Å². The van der Waals surface area contributed by atoms with Gasteiger partial charge in [-0.15, -0.1) is 0 Å². The van der Waals surface area contributed by atoms with Gasteiger partial charge in [-0.05, 0) is 68.3 Å². The second-order valence-corrected chi connectivity index (χ2v) is 20.0. The fraction of sp³-hybridized carbons (Fsp3) is 0. The van der Waals surface area contributed by atoms with Crippen molar-refractivity contribution in [3.05, 3.63) is 248 Å². The fourth-order valence-electron chi connectivity index (χ4n) is 10.1. The molecule has 4 heterocycles. The molecule has 0 unspecified atom stereocenters. The van der Waals surface area contributed by atoms with Crippen LogP contribution in [0.3, 0.4) is 0 Å². The normalized spacial score (nSPS) is 15.9. The number of fused-ring (bicyclic) bond motifs is 9. The molecule has 5 nitrogen and oxygen atoms in total. The van der Waals surface area contributed by atoms with E-state index in [0.29, 0.717) is 22.2 Å². The van der Waals surface area contributed by atoms with Crippen molar-refractivity contribution in [2.24, 2.45) is 0 Å². The highest BCUT2D eigenvalue weighted by molar-refractivity contribution is 7.19. The molecule has 0 fully saturated rings. The average Bonchev–Trinajstić information content (AvgIpc) is 0.786. The summed E-state index contributed by atoms with van der Waals surface area (Å²) < 4.78 is 183. The summed E-state index contributed by atoms with van der Waals surface area (Å²) in [7, 11) is -6.22. The lowest BCUT2D eigenvalue weighted by molar-refractivity contribution is 0.954. The monoisotopic (exact) mass is 914 g/mol. The molecule has 322 valence electrons. The van der Waals surface area contributed by atoms with E-state index in [1.807, 2.05) is 84.9 Å². The molecule has 0 N–H and O–H groups in total. The van der Waals surface area contributed by atoms with Crippen LogP contribution in [0.25, 0.3) is 99.8 Å². The Bertz CT molecular complexity index is 5040. The number of nitrogens with zero attached hydrogens (tertiary/aromatic N) is 5. The molecule has 0 saturated heterocycles. The first-order valence-corrected chi connectivity index (χ1v) is 24.0. The lowest BCUT2D eigenvalue weighted by Gasteiger charge is -2.34. The predicted molar refractivity (Wildman–Crippen MR) is 289 cm³/mol. The van der Waals surface area contributed by atoms with Crippen molar-refractivity contribution in [2.75, 3.05) is 0 Å². The third-order valence-electron chi connectivity index (χ3n) is 12.9. The molecular formula is C63H41N5Si. The first-order valence-electron chi connectivity index (χ1n) is 31.5. The summed E-state index contributed by atoms with van der Waals surface area (Å²) in [6.45, 7) is 0. The zero-order valence-electron chi connectivity index (χ0n) is 54.9. The van der Waals surface area contributed by atoms with Gasteiger partial charge in [0.05, 0.1) is 53.6 Å². The van der Waals surface area contributed by atoms with E-state index in [0.717, 1.165) is 54.4 Å². The van der Waals surface area contributed by atoms with Crippen molar-refractivity contribution >= 4 is 88.7 Å². The lowest BCUT2D eigenvalue weighted by Crippen LogP contribution is -2.74. The Labute approximate surface area is 425 Å². The third kappa shape index (κ3) is 5.92. The zero-order chi connectivity index (χ0) is 62.0. The van der Waals surface area contributed by atoms with Crippen molar-refractivity contribution in [3.63, 3.8) is 0 Å². The van der Waals surface area contributed by atoms with Gasteiger partial charge < -0.3 is 4.40 Å². The smallest absolute Gasteiger partial charge is 0.238 e. The molecule has 0 aliphatic rings. The highest BCUT2D eigenvalue weighted by atomic mass is 28.3. The van der Waals surface area contributed by atoms with Crippen LogP contribution in [-0.2, 0) is 0 Å². The Morgan fingerprint density at radius 1 is 0.362 bits per heavy atom. The van der Waals surface area contributed by atoms with Crippen LogP contribution in [0, 0.1) is 0 Å². The van der Waals surface area contributed by atoms with E-state index in [9.17, 15) is 13.7 Å². The molecule has 0 amide bonds. The van der Waals surface area contributed by atoms with Crippen molar-refractivity contribution < 1.29 is 26.0 Å². The summed E-state index contributed by atoms with van der Waals surface area (Å²) in [5.41, 5.74) is 5.38. The van der Waals surface area contributed by atoms with Crippen LogP contribution in [0.4, 0.5) is 0 Å². The summed E-state index contributed by atoms with van der Waals surface area (Å²) in [5.74, 6) is -0.618. The fourth-order valence-corrected chi connectivity index (χ4v) is 13.6. The SMILES string of the molecule is [2H]c1c([2H])c([2H])c([Si](c2c([2H])c([2H])c([2H])c([2H])c2[2H])(c2c([2H])c([2H])c([2H])c([2H])c2[2H])c2c([2H])c([2H])c([2H])c(-c3nc(-c4ccccc4-c4cc5c6ccccc6n6c7ccccc7c(c4)c56)nc(-n4c5ccccc5c5ccccc54)n3)c2[2H])c([2H])c1[2H]. The van der Waals surface area contributed by atoms with E-state index in [4.69, 9.17) is 27.3 Å². The number of para-hydroxylation sites is 4. The van der Waals surface area contributed by atoms with Crippen molar-refractivity contribution in [2.45, 2.75) is 0 Å². The average molecular weight is 915 g/mol. The topological polar surface area (TPSA) is 48.0 Å². The highest BCUT2D eigenvalue weighted by Gasteiger charge is 2.41. The number of hydrogen-bond donors (Lipinski definition) is 0. The van der Waals surface area contributed by atoms with Crippen LogP contribution in [0.15, 0.2) is 248 Å². The molecular weight excluding hydrogens is 855 g/mol. The molecule has 10 aromatic carbocycles. The summed E-state index contributed by atoms with van der Waals surface area (Å²) in [6.07, 6.45) is 0. The van der Waals surface area contributed by atoms with Gasteiger partial charge in [-0.3, -0.25) is 4.57 Å². The first kappa shape index (κ1) is 24.7. The maximum absolute atomic E-state index is 10.7. The van der Waals surface area contributed by atoms with Crippen LogP contribution in [0.5, 0.6) is 0 Å².